The van der Waals surface area contributed by atoms with Crippen molar-refractivity contribution in [1.29, 1.82) is 5.26 Å². The van der Waals surface area contributed by atoms with E-state index in [9.17, 15) is 10.1 Å². The molecule has 0 bridgehead atoms. The summed E-state index contributed by atoms with van der Waals surface area (Å²) in [6, 6.07) is 9.54. The Balaban J connectivity index is 2.59. The van der Waals surface area contributed by atoms with Crippen molar-refractivity contribution >= 4 is 5.97 Å². The lowest BCUT2D eigenvalue weighted by molar-refractivity contribution is -0.136. The van der Waals surface area contributed by atoms with Crippen LogP contribution in [0, 0.1) is 11.3 Å². The molecule has 0 saturated carbocycles. The molecule has 0 saturated heterocycles. The van der Waals surface area contributed by atoms with Gasteiger partial charge in [-0.25, -0.2) is 4.79 Å². The summed E-state index contributed by atoms with van der Waals surface area (Å²) in [6.45, 7) is 3.63. The molecule has 114 valence electrons. The zero-order chi connectivity index (χ0) is 16.3. The van der Waals surface area contributed by atoms with Gasteiger partial charge in [-0.3, -0.25) is 0 Å². The molecule has 1 atom stereocenters. The van der Waals surface area contributed by atoms with Gasteiger partial charge in [0.25, 0.3) is 0 Å². The minimum Gasteiger partial charge on any atom is -0.497 e. The summed E-state index contributed by atoms with van der Waals surface area (Å²) in [5.74, 6) is -0.159. The first-order valence-electron chi connectivity index (χ1n) is 6.84. The van der Waals surface area contributed by atoms with Crippen molar-refractivity contribution in [3.8, 4) is 11.8 Å². The third-order valence-electron chi connectivity index (χ3n) is 3.74. The SMILES string of the molecule is COC(=O)C1=C(C)NC(C)=C(C#N)[C@H]1c1ccc(OC)cc1. The zero-order valence-electron chi connectivity index (χ0n) is 13.1. The van der Waals surface area contributed by atoms with Crippen molar-refractivity contribution < 1.29 is 14.3 Å². The lowest BCUT2D eigenvalue weighted by Crippen LogP contribution is -2.28. The van der Waals surface area contributed by atoms with E-state index in [1.807, 2.05) is 31.2 Å². The number of carbonyl (C=O) groups is 1. The lowest BCUT2D eigenvalue weighted by Gasteiger charge is -2.28. The predicted octanol–water partition coefficient (Wildman–Crippen LogP) is 2.63. The number of rotatable bonds is 3. The average molecular weight is 298 g/mol. The number of nitrogens with one attached hydrogen (secondary N) is 1. The summed E-state index contributed by atoms with van der Waals surface area (Å²) < 4.78 is 10.0. The van der Waals surface area contributed by atoms with E-state index in [-0.39, 0.29) is 0 Å². The summed E-state index contributed by atoms with van der Waals surface area (Å²) in [7, 11) is 2.93. The van der Waals surface area contributed by atoms with Gasteiger partial charge in [0.05, 0.1) is 37.4 Å². The number of hydrogen-bond donors (Lipinski definition) is 1. The molecule has 1 heterocycles. The molecule has 1 aromatic rings. The number of methoxy groups -OCH3 is 2. The second-order valence-electron chi connectivity index (χ2n) is 5.01. The fourth-order valence-electron chi connectivity index (χ4n) is 2.65. The minimum atomic E-state index is -0.440. The van der Waals surface area contributed by atoms with Crippen LogP contribution in [0.25, 0.3) is 0 Å². The van der Waals surface area contributed by atoms with Crippen LogP contribution in [-0.4, -0.2) is 20.2 Å². The smallest absolute Gasteiger partial charge is 0.336 e. The summed E-state index contributed by atoms with van der Waals surface area (Å²) in [5, 5.41) is 12.6. The monoisotopic (exact) mass is 298 g/mol. The van der Waals surface area contributed by atoms with Gasteiger partial charge in [0.2, 0.25) is 0 Å². The van der Waals surface area contributed by atoms with Gasteiger partial charge in [-0.05, 0) is 31.5 Å². The minimum absolute atomic E-state index is 0.439. The van der Waals surface area contributed by atoms with Crippen molar-refractivity contribution in [3.63, 3.8) is 0 Å². The Hall–Kier alpha value is -2.74. The van der Waals surface area contributed by atoms with Crippen LogP contribution in [-0.2, 0) is 9.53 Å². The first kappa shape index (κ1) is 15.6. The number of nitrogens with zero attached hydrogens (tertiary/aromatic N) is 1. The van der Waals surface area contributed by atoms with Gasteiger partial charge in [0, 0.05) is 11.4 Å². The highest BCUT2D eigenvalue weighted by Gasteiger charge is 2.33. The summed E-state index contributed by atoms with van der Waals surface area (Å²) in [4.78, 5) is 12.2. The normalized spacial score (nSPS) is 17.7. The number of dihydropyridines is 1. The maximum Gasteiger partial charge on any atom is 0.336 e. The molecule has 0 aromatic heterocycles. The highest BCUT2D eigenvalue weighted by atomic mass is 16.5. The molecule has 0 fully saturated rings. The fourth-order valence-corrected chi connectivity index (χ4v) is 2.65. The summed E-state index contributed by atoms with van der Waals surface area (Å²) in [5.41, 5.74) is 3.25. The van der Waals surface area contributed by atoms with Crippen LogP contribution in [0.4, 0.5) is 0 Å². The molecule has 5 nitrogen and oxygen atoms in total. The second-order valence-corrected chi connectivity index (χ2v) is 5.01. The number of esters is 1. The standard InChI is InChI=1S/C17H18N2O3/c1-10-14(9-18)16(12-5-7-13(21-3)8-6-12)15(11(2)19-10)17(20)22-4/h5-8,16,19H,1-4H3/t16-/m1/s1. The number of ether oxygens (including phenoxy) is 2. The van der Waals surface area contributed by atoms with Crippen molar-refractivity contribution in [2.75, 3.05) is 14.2 Å². The Morgan fingerprint density at radius 3 is 2.32 bits per heavy atom. The molecule has 2 rings (SSSR count). The summed E-state index contributed by atoms with van der Waals surface area (Å²) in [6.07, 6.45) is 0. The number of allylic oxidation sites excluding steroid dienone is 3. The molecule has 22 heavy (non-hydrogen) atoms. The van der Waals surface area contributed by atoms with Crippen molar-refractivity contribution in [1.82, 2.24) is 5.32 Å². The third kappa shape index (κ3) is 2.68. The van der Waals surface area contributed by atoms with Gasteiger partial charge < -0.3 is 14.8 Å². The van der Waals surface area contributed by atoms with E-state index in [4.69, 9.17) is 9.47 Å². The zero-order valence-corrected chi connectivity index (χ0v) is 13.1. The first-order chi connectivity index (χ1) is 10.5. The second kappa shape index (κ2) is 6.35. The molecule has 0 spiro atoms. The topological polar surface area (TPSA) is 71.3 Å². The summed E-state index contributed by atoms with van der Waals surface area (Å²) >= 11 is 0. The number of carbonyl (C=O) groups excluding carboxylic acids is 1. The molecule has 0 unspecified atom stereocenters. The Morgan fingerprint density at radius 1 is 1.18 bits per heavy atom. The fraction of sp³-hybridized carbons (Fsp3) is 0.294. The molecule has 1 aromatic carbocycles. The maximum absolute atomic E-state index is 12.2. The van der Waals surface area contributed by atoms with Crippen molar-refractivity contribution in [2.24, 2.45) is 0 Å². The van der Waals surface area contributed by atoms with E-state index in [1.165, 1.54) is 7.11 Å². The first-order valence-corrected chi connectivity index (χ1v) is 6.84. The molecule has 1 aliphatic rings. The molecule has 0 aliphatic carbocycles. The van der Waals surface area contributed by atoms with Gasteiger partial charge in [-0.2, -0.15) is 5.26 Å². The Bertz CT molecular complexity index is 694. The van der Waals surface area contributed by atoms with Crippen LogP contribution in [0.3, 0.4) is 0 Å². The quantitative estimate of drug-likeness (QED) is 0.869. The van der Waals surface area contributed by atoms with E-state index >= 15 is 0 Å². The van der Waals surface area contributed by atoms with E-state index in [2.05, 4.69) is 11.4 Å². The van der Waals surface area contributed by atoms with Crippen molar-refractivity contribution in [2.45, 2.75) is 19.8 Å². The molecule has 0 amide bonds. The molecule has 0 radical (unpaired) electrons. The van der Waals surface area contributed by atoms with Crippen LogP contribution >= 0.6 is 0 Å². The van der Waals surface area contributed by atoms with Crippen LogP contribution in [0.15, 0.2) is 46.8 Å². The highest BCUT2D eigenvalue weighted by Crippen LogP contribution is 2.38. The van der Waals surface area contributed by atoms with E-state index < -0.39 is 11.9 Å². The van der Waals surface area contributed by atoms with Gasteiger partial charge in [-0.15, -0.1) is 0 Å². The van der Waals surface area contributed by atoms with Crippen molar-refractivity contribution in [3.05, 3.63) is 52.4 Å². The average Bonchev–Trinajstić information content (AvgIpc) is 2.53. The van der Waals surface area contributed by atoms with Crippen LogP contribution in [0.2, 0.25) is 0 Å². The van der Waals surface area contributed by atoms with E-state index in [0.29, 0.717) is 16.8 Å². The van der Waals surface area contributed by atoms with E-state index in [0.717, 1.165) is 17.0 Å². The van der Waals surface area contributed by atoms with Gasteiger partial charge in [0.15, 0.2) is 0 Å². The molecule has 5 heteroatoms. The van der Waals surface area contributed by atoms with Gasteiger partial charge >= 0.3 is 5.97 Å². The molecular formula is C17H18N2O3. The Labute approximate surface area is 129 Å². The number of nitriles is 1. The van der Waals surface area contributed by atoms with Crippen LogP contribution in [0.5, 0.6) is 5.75 Å². The Morgan fingerprint density at radius 2 is 1.82 bits per heavy atom. The van der Waals surface area contributed by atoms with E-state index in [1.54, 1.807) is 14.0 Å². The molecule has 1 N–H and O–H groups in total. The number of benzene rings is 1. The van der Waals surface area contributed by atoms with Gasteiger partial charge in [-0.1, -0.05) is 12.1 Å². The number of hydrogen-bond acceptors (Lipinski definition) is 5. The molecular weight excluding hydrogens is 280 g/mol. The third-order valence-corrected chi connectivity index (χ3v) is 3.74. The lowest BCUT2D eigenvalue weighted by atomic mass is 9.81. The maximum atomic E-state index is 12.2. The molecule has 1 aliphatic heterocycles. The predicted molar refractivity (Wildman–Crippen MR) is 81.9 cm³/mol. The largest absolute Gasteiger partial charge is 0.497 e. The van der Waals surface area contributed by atoms with Gasteiger partial charge in [0.1, 0.15) is 5.75 Å². The highest BCUT2D eigenvalue weighted by molar-refractivity contribution is 5.93. The van der Waals surface area contributed by atoms with Crippen LogP contribution in [0.1, 0.15) is 25.3 Å². The van der Waals surface area contributed by atoms with Crippen LogP contribution < -0.4 is 10.1 Å². The Kier molecular flexibility index (Phi) is 4.52.